The predicted octanol–water partition coefficient (Wildman–Crippen LogP) is 5.26. The van der Waals surface area contributed by atoms with Gasteiger partial charge in [0, 0.05) is 24.5 Å². The van der Waals surface area contributed by atoms with E-state index in [1.54, 1.807) is 0 Å². The van der Waals surface area contributed by atoms with Crippen molar-refractivity contribution in [3.8, 4) is 0 Å². The van der Waals surface area contributed by atoms with E-state index in [0.29, 0.717) is 6.54 Å². The number of benzene rings is 3. The van der Waals surface area contributed by atoms with Gasteiger partial charge in [-0.05, 0) is 40.3 Å². The Morgan fingerprint density at radius 3 is 2.60 bits per heavy atom. The third kappa shape index (κ3) is 3.14. The molecule has 0 heterocycles. The van der Waals surface area contributed by atoms with Gasteiger partial charge in [0.15, 0.2) is 0 Å². The van der Waals surface area contributed by atoms with E-state index in [1.807, 2.05) is 48.3 Å². The second-order valence-corrected chi connectivity index (χ2v) is 7.21. The van der Waals surface area contributed by atoms with Gasteiger partial charge in [-0.15, -0.1) is 0 Å². The van der Waals surface area contributed by atoms with Crippen LogP contribution in [0.15, 0.2) is 66.7 Å². The van der Waals surface area contributed by atoms with Crippen molar-refractivity contribution in [2.45, 2.75) is 18.9 Å². The Hall–Kier alpha value is -2.32. The highest BCUT2D eigenvalue weighted by Crippen LogP contribution is 2.50. The third-order valence-corrected chi connectivity index (χ3v) is 5.42. The molecule has 1 aliphatic rings. The summed E-state index contributed by atoms with van der Waals surface area (Å²) >= 11 is 6.28. The smallest absolute Gasteiger partial charge is 0.226 e. The van der Waals surface area contributed by atoms with Crippen LogP contribution in [-0.4, -0.2) is 17.9 Å². The zero-order valence-corrected chi connectivity index (χ0v) is 14.9. The minimum absolute atomic E-state index is 0.0554. The number of halogens is 1. The van der Waals surface area contributed by atoms with E-state index in [0.717, 1.165) is 17.0 Å². The molecule has 3 aromatic carbocycles. The van der Waals surface area contributed by atoms with Gasteiger partial charge in [-0.1, -0.05) is 72.3 Å². The maximum absolute atomic E-state index is 12.8. The molecule has 25 heavy (non-hydrogen) atoms. The Kier molecular flexibility index (Phi) is 4.22. The molecular formula is C22H20ClNO. The summed E-state index contributed by atoms with van der Waals surface area (Å²) in [7, 11) is 1.89. The number of rotatable bonds is 4. The minimum Gasteiger partial charge on any atom is -0.341 e. The lowest BCUT2D eigenvalue weighted by molar-refractivity contribution is -0.131. The molecule has 1 aliphatic carbocycles. The third-order valence-electron chi connectivity index (χ3n) is 5.08. The average Bonchev–Trinajstić information content (AvgIpc) is 3.42. The zero-order chi connectivity index (χ0) is 17.4. The van der Waals surface area contributed by atoms with Gasteiger partial charge < -0.3 is 4.90 Å². The summed E-state index contributed by atoms with van der Waals surface area (Å²) in [4.78, 5) is 14.7. The molecule has 1 fully saturated rings. The van der Waals surface area contributed by atoms with Crippen LogP contribution in [0.3, 0.4) is 0 Å². The first-order chi connectivity index (χ1) is 12.1. The quantitative estimate of drug-likeness (QED) is 0.629. The topological polar surface area (TPSA) is 20.3 Å². The fourth-order valence-corrected chi connectivity index (χ4v) is 3.91. The first kappa shape index (κ1) is 16.2. The van der Waals surface area contributed by atoms with Crippen molar-refractivity contribution in [1.29, 1.82) is 0 Å². The predicted molar refractivity (Wildman–Crippen MR) is 103 cm³/mol. The SMILES string of the molecule is CN(Cc1cccc2ccccc12)C(=O)C1CC1c1ccccc1Cl. The van der Waals surface area contributed by atoms with E-state index in [1.165, 1.54) is 16.3 Å². The lowest BCUT2D eigenvalue weighted by Crippen LogP contribution is -2.28. The Morgan fingerprint density at radius 2 is 1.76 bits per heavy atom. The van der Waals surface area contributed by atoms with Crippen LogP contribution in [-0.2, 0) is 11.3 Å². The van der Waals surface area contributed by atoms with Crippen molar-refractivity contribution in [2.24, 2.45) is 5.92 Å². The average molecular weight is 350 g/mol. The van der Waals surface area contributed by atoms with Crippen LogP contribution in [0.4, 0.5) is 0 Å². The van der Waals surface area contributed by atoms with Gasteiger partial charge in [0.05, 0.1) is 0 Å². The summed E-state index contributed by atoms with van der Waals surface area (Å²) in [5.41, 5.74) is 2.28. The Labute approximate surface area is 153 Å². The number of amides is 1. The molecule has 0 aliphatic heterocycles. The van der Waals surface area contributed by atoms with Gasteiger partial charge >= 0.3 is 0 Å². The minimum atomic E-state index is 0.0554. The molecule has 1 saturated carbocycles. The first-order valence-corrected chi connectivity index (χ1v) is 8.99. The summed E-state index contributed by atoms with van der Waals surface area (Å²) in [5.74, 6) is 0.522. The van der Waals surface area contributed by atoms with Crippen molar-refractivity contribution in [3.05, 3.63) is 82.9 Å². The maximum atomic E-state index is 12.8. The van der Waals surface area contributed by atoms with Gasteiger partial charge in [0.2, 0.25) is 5.91 Å². The van der Waals surface area contributed by atoms with Crippen LogP contribution in [0.5, 0.6) is 0 Å². The molecule has 126 valence electrons. The van der Waals surface area contributed by atoms with Crippen LogP contribution >= 0.6 is 11.6 Å². The molecule has 0 N–H and O–H groups in total. The monoisotopic (exact) mass is 349 g/mol. The standard InChI is InChI=1S/C22H20ClNO/c1-24(14-16-9-6-8-15-7-2-3-10-17(15)16)22(25)20-13-19(20)18-11-4-5-12-21(18)23/h2-12,19-20H,13-14H2,1H3. The molecule has 1 amide bonds. The molecule has 3 heteroatoms. The lowest BCUT2D eigenvalue weighted by Gasteiger charge is -2.19. The Morgan fingerprint density at radius 1 is 1.04 bits per heavy atom. The molecule has 0 radical (unpaired) electrons. The van der Waals surface area contributed by atoms with Crippen molar-refractivity contribution >= 4 is 28.3 Å². The zero-order valence-electron chi connectivity index (χ0n) is 14.2. The fourth-order valence-electron chi connectivity index (χ4n) is 3.63. The number of carbonyl (C=O) groups excluding carboxylic acids is 1. The van der Waals surface area contributed by atoms with Crippen molar-refractivity contribution < 1.29 is 4.79 Å². The molecule has 4 rings (SSSR count). The number of hydrogen-bond acceptors (Lipinski definition) is 1. The molecule has 2 unspecified atom stereocenters. The fraction of sp³-hybridized carbons (Fsp3) is 0.227. The molecule has 2 nitrogen and oxygen atoms in total. The van der Waals surface area contributed by atoms with Crippen LogP contribution in [0.1, 0.15) is 23.5 Å². The normalized spacial score (nSPS) is 19.0. The lowest BCUT2D eigenvalue weighted by atomic mass is 10.0. The van der Waals surface area contributed by atoms with Gasteiger partial charge in [-0.25, -0.2) is 0 Å². The van der Waals surface area contributed by atoms with Crippen LogP contribution in [0.25, 0.3) is 10.8 Å². The van der Waals surface area contributed by atoms with E-state index >= 15 is 0 Å². The van der Waals surface area contributed by atoms with Crippen molar-refractivity contribution in [3.63, 3.8) is 0 Å². The van der Waals surface area contributed by atoms with Crippen LogP contribution in [0.2, 0.25) is 5.02 Å². The van der Waals surface area contributed by atoms with Crippen molar-refractivity contribution in [1.82, 2.24) is 4.90 Å². The summed E-state index contributed by atoms with van der Waals surface area (Å²) < 4.78 is 0. The van der Waals surface area contributed by atoms with E-state index < -0.39 is 0 Å². The van der Waals surface area contributed by atoms with E-state index in [4.69, 9.17) is 11.6 Å². The summed E-state index contributed by atoms with van der Waals surface area (Å²) in [6.07, 6.45) is 0.891. The highest BCUT2D eigenvalue weighted by molar-refractivity contribution is 6.31. The second kappa shape index (κ2) is 6.53. The number of nitrogens with zero attached hydrogens (tertiary/aromatic N) is 1. The van der Waals surface area contributed by atoms with Gasteiger partial charge in [-0.3, -0.25) is 4.79 Å². The summed E-state index contributed by atoms with van der Waals surface area (Å²) in [5, 5.41) is 3.18. The summed E-state index contributed by atoms with van der Waals surface area (Å²) in [6.45, 7) is 0.631. The maximum Gasteiger partial charge on any atom is 0.226 e. The highest BCUT2D eigenvalue weighted by Gasteiger charge is 2.45. The van der Waals surface area contributed by atoms with Gasteiger partial charge in [0.25, 0.3) is 0 Å². The molecule has 0 bridgehead atoms. The largest absolute Gasteiger partial charge is 0.341 e. The second-order valence-electron chi connectivity index (χ2n) is 6.80. The van der Waals surface area contributed by atoms with Crippen LogP contribution < -0.4 is 0 Å². The van der Waals surface area contributed by atoms with Crippen molar-refractivity contribution in [2.75, 3.05) is 7.05 Å². The number of carbonyl (C=O) groups is 1. The number of hydrogen-bond donors (Lipinski definition) is 0. The van der Waals surface area contributed by atoms with E-state index in [-0.39, 0.29) is 17.7 Å². The highest BCUT2D eigenvalue weighted by atomic mass is 35.5. The first-order valence-electron chi connectivity index (χ1n) is 8.61. The number of fused-ring (bicyclic) bond motifs is 1. The molecule has 0 spiro atoms. The molecular weight excluding hydrogens is 330 g/mol. The van der Waals surface area contributed by atoms with Gasteiger partial charge in [0.1, 0.15) is 0 Å². The van der Waals surface area contributed by atoms with Crippen LogP contribution in [0, 0.1) is 5.92 Å². The van der Waals surface area contributed by atoms with Gasteiger partial charge in [-0.2, -0.15) is 0 Å². The van der Waals surface area contributed by atoms with E-state index in [2.05, 4.69) is 30.3 Å². The summed E-state index contributed by atoms with van der Waals surface area (Å²) in [6, 6.07) is 22.4. The molecule has 0 aromatic heterocycles. The Balaban J connectivity index is 1.49. The van der Waals surface area contributed by atoms with E-state index in [9.17, 15) is 4.79 Å². The molecule has 2 atom stereocenters. The molecule has 3 aromatic rings. The molecule has 0 saturated heterocycles. The Bertz CT molecular complexity index is 931.